The fourth-order valence-corrected chi connectivity index (χ4v) is 3.75. The molecular formula is C23H22N2O2. The number of hydrogen-bond donors (Lipinski definition) is 1. The zero-order valence-corrected chi connectivity index (χ0v) is 15.3. The van der Waals surface area contributed by atoms with Gasteiger partial charge in [-0.15, -0.1) is 0 Å². The van der Waals surface area contributed by atoms with Crippen LogP contribution in [0.5, 0.6) is 0 Å². The monoisotopic (exact) mass is 358 g/mol. The van der Waals surface area contributed by atoms with Crippen LogP contribution in [0.2, 0.25) is 0 Å². The minimum absolute atomic E-state index is 0.00437. The molecule has 0 aliphatic carbocycles. The van der Waals surface area contributed by atoms with Crippen molar-refractivity contribution in [3.05, 3.63) is 72.3 Å². The maximum absolute atomic E-state index is 12.8. The highest BCUT2D eigenvalue weighted by Gasteiger charge is 2.35. The van der Waals surface area contributed by atoms with Gasteiger partial charge in [0.2, 0.25) is 11.8 Å². The summed E-state index contributed by atoms with van der Waals surface area (Å²) in [5.74, 6) is -0.441. The summed E-state index contributed by atoms with van der Waals surface area (Å²) in [5.41, 5.74) is 2.81. The Morgan fingerprint density at radius 2 is 1.78 bits per heavy atom. The summed E-state index contributed by atoms with van der Waals surface area (Å²) >= 11 is 0. The highest BCUT2D eigenvalue weighted by atomic mass is 16.2. The van der Waals surface area contributed by atoms with Crippen molar-refractivity contribution < 1.29 is 9.59 Å². The van der Waals surface area contributed by atoms with Crippen LogP contribution in [-0.4, -0.2) is 18.4 Å². The number of nitrogens with one attached hydrogen (secondary N) is 1. The first-order valence-electron chi connectivity index (χ1n) is 9.34. The van der Waals surface area contributed by atoms with Gasteiger partial charge >= 0.3 is 0 Å². The molecule has 0 radical (unpaired) electrons. The first-order chi connectivity index (χ1) is 13.2. The van der Waals surface area contributed by atoms with Crippen molar-refractivity contribution in [2.24, 2.45) is 5.92 Å². The van der Waals surface area contributed by atoms with Crippen LogP contribution in [0.1, 0.15) is 18.9 Å². The Morgan fingerprint density at radius 1 is 1.04 bits per heavy atom. The number of para-hydroxylation sites is 1. The minimum atomic E-state index is -0.346. The third-order valence-corrected chi connectivity index (χ3v) is 5.21. The minimum Gasteiger partial charge on any atom is -0.326 e. The Bertz CT molecular complexity index is 1010. The van der Waals surface area contributed by atoms with Crippen molar-refractivity contribution in [2.45, 2.75) is 19.8 Å². The lowest BCUT2D eigenvalue weighted by atomic mass is 10.1. The second kappa shape index (κ2) is 7.23. The molecule has 0 bridgehead atoms. The van der Waals surface area contributed by atoms with Gasteiger partial charge in [0, 0.05) is 24.0 Å². The predicted molar refractivity (Wildman–Crippen MR) is 109 cm³/mol. The van der Waals surface area contributed by atoms with E-state index in [0.717, 1.165) is 34.1 Å². The Kier molecular flexibility index (Phi) is 4.63. The lowest BCUT2D eigenvalue weighted by molar-refractivity contribution is -0.122. The molecule has 1 aliphatic rings. The molecule has 4 heteroatoms. The lowest BCUT2D eigenvalue weighted by Gasteiger charge is -2.19. The third-order valence-electron chi connectivity index (χ3n) is 5.21. The smallest absolute Gasteiger partial charge is 0.229 e. The summed E-state index contributed by atoms with van der Waals surface area (Å²) in [4.78, 5) is 27.2. The number of fused-ring (bicyclic) bond motifs is 1. The number of carbonyl (C=O) groups excluding carboxylic acids is 2. The molecule has 136 valence electrons. The summed E-state index contributed by atoms with van der Waals surface area (Å²) in [7, 11) is 0. The second-order valence-electron chi connectivity index (χ2n) is 6.90. The number of amides is 2. The largest absolute Gasteiger partial charge is 0.326 e. The van der Waals surface area contributed by atoms with Crippen molar-refractivity contribution in [1.29, 1.82) is 0 Å². The SMILES string of the molecule is CCc1ccccc1NC(=O)[C@@H]1CC(=O)N(c2cccc3ccccc23)C1. The predicted octanol–water partition coefficient (Wildman–Crippen LogP) is 4.39. The molecule has 4 rings (SSSR count). The van der Waals surface area contributed by atoms with Gasteiger partial charge < -0.3 is 10.2 Å². The Morgan fingerprint density at radius 3 is 2.63 bits per heavy atom. The Hall–Kier alpha value is -3.14. The summed E-state index contributed by atoms with van der Waals surface area (Å²) in [6.07, 6.45) is 1.09. The van der Waals surface area contributed by atoms with Gasteiger partial charge in [-0.3, -0.25) is 9.59 Å². The van der Waals surface area contributed by atoms with Crippen LogP contribution < -0.4 is 10.2 Å². The molecule has 3 aromatic rings. The van der Waals surface area contributed by atoms with Crippen LogP contribution in [0.25, 0.3) is 10.8 Å². The molecule has 1 saturated heterocycles. The Balaban J connectivity index is 1.56. The van der Waals surface area contributed by atoms with Gasteiger partial charge in [0.1, 0.15) is 0 Å². The number of hydrogen-bond acceptors (Lipinski definition) is 2. The van der Waals surface area contributed by atoms with Crippen LogP contribution in [0.15, 0.2) is 66.7 Å². The van der Waals surface area contributed by atoms with Gasteiger partial charge in [0.15, 0.2) is 0 Å². The summed E-state index contributed by atoms with van der Waals surface area (Å²) in [6.45, 7) is 2.47. The lowest BCUT2D eigenvalue weighted by Crippen LogP contribution is -2.28. The van der Waals surface area contributed by atoms with E-state index >= 15 is 0 Å². The molecule has 0 saturated carbocycles. The number of anilines is 2. The Labute approximate surface area is 158 Å². The molecule has 1 fully saturated rings. The molecule has 1 aliphatic heterocycles. The average molecular weight is 358 g/mol. The zero-order chi connectivity index (χ0) is 18.8. The van der Waals surface area contributed by atoms with E-state index in [2.05, 4.69) is 12.2 Å². The molecular weight excluding hydrogens is 336 g/mol. The standard InChI is InChI=1S/C23H22N2O2/c1-2-16-8-4-6-12-20(16)24-23(27)18-14-22(26)25(15-18)21-13-7-10-17-9-3-5-11-19(17)21/h3-13,18H,2,14-15H2,1H3,(H,24,27)/t18-/m1/s1. The van der Waals surface area contributed by atoms with E-state index in [4.69, 9.17) is 0 Å². The maximum Gasteiger partial charge on any atom is 0.229 e. The summed E-state index contributed by atoms with van der Waals surface area (Å²) in [6, 6.07) is 21.8. The van der Waals surface area contributed by atoms with Crippen LogP contribution >= 0.6 is 0 Å². The molecule has 4 nitrogen and oxygen atoms in total. The fourth-order valence-electron chi connectivity index (χ4n) is 3.75. The number of nitrogens with zero attached hydrogens (tertiary/aromatic N) is 1. The highest BCUT2D eigenvalue weighted by Crippen LogP contribution is 2.32. The highest BCUT2D eigenvalue weighted by molar-refractivity contribution is 6.08. The van der Waals surface area contributed by atoms with E-state index in [1.807, 2.05) is 66.7 Å². The van der Waals surface area contributed by atoms with Gasteiger partial charge in [-0.1, -0.05) is 61.5 Å². The molecule has 1 atom stereocenters. The molecule has 3 aromatic carbocycles. The van der Waals surface area contributed by atoms with Crippen molar-refractivity contribution in [1.82, 2.24) is 0 Å². The maximum atomic E-state index is 12.8. The van der Waals surface area contributed by atoms with Crippen molar-refractivity contribution >= 4 is 34.0 Å². The number of aryl methyl sites for hydroxylation is 1. The van der Waals surface area contributed by atoms with Crippen molar-refractivity contribution in [3.8, 4) is 0 Å². The van der Waals surface area contributed by atoms with Crippen molar-refractivity contribution in [2.75, 3.05) is 16.8 Å². The molecule has 27 heavy (non-hydrogen) atoms. The number of carbonyl (C=O) groups is 2. The van der Waals surface area contributed by atoms with Gasteiger partial charge in [-0.05, 0) is 29.5 Å². The first kappa shape index (κ1) is 17.3. The normalized spacial score (nSPS) is 16.7. The van der Waals surface area contributed by atoms with Crippen LogP contribution in [-0.2, 0) is 16.0 Å². The molecule has 1 heterocycles. The summed E-state index contributed by atoms with van der Waals surface area (Å²) in [5, 5.41) is 5.14. The number of benzene rings is 3. The zero-order valence-electron chi connectivity index (χ0n) is 15.3. The van der Waals surface area contributed by atoms with Crippen LogP contribution in [0.3, 0.4) is 0 Å². The average Bonchev–Trinajstić information content (AvgIpc) is 3.09. The van der Waals surface area contributed by atoms with E-state index in [1.54, 1.807) is 4.90 Å². The van der Waals surface area contributed by atoms with Gasteiger partial charge in [0.25, 0.3) is 0 Å². The van der Waals surface area contributed by atoms with Crippen LogP contribution in [0, 0.1) is 5.92 Å². The van der Waals surface area contributed by atoms with Gasteiger partial charge in [0.05, 0.1) is 11.6 Å². The molecule has 0 unspecified atom stereocenters. The quantitative estimate of drug-likeness (QED) is 0.752. The molecule has 0 aromatic heterocycles. The van der Waals surface area contributed by atoms with E-state index in [1.165, 1.54) is 0 Å². The number of rotatable bonds is 4. The third kappa shape index (κ3) is 3.31. The van der Waals surface area contributed by atoms with E-state index in [-0.39, 0.29) is 24.2 Å². The van der Waals surface area contributed by atoms with Gasteiger partial charge in [-0.25, -0.2) is 0 Å². The fraction of sp³-hybridized carbons (Fsp3) is 0.217. The topological polar surface area (TPSA) is 49.4 Å². The van der Waals surface area contributed by atoms with Gasteiger partial charge in [-0.2, -0.15) is 0 Å². The molecule has 1 N–H and O–H groups in total. The van der Waals surface area contributed by atoms with E-state index in [0.29, 0.717) is 6.54 Å². The second-order valence-corrected chi connectivity index (χ2v) is 6.90. The van der Waals surface area contributed by atoms with Crippen molar-refractivity contribution in [3.63, 3.8) is 0 Å². The molecule has 2 amide bonds. The van der Waals surface area contributed by atoms with E-state index < -0.39 is 0 Å². The van der Waals surface area contributed by atoms with E-state index in [9.17, 15) is 9.59 Å². The molecule has 0 spiro atoms. The first-order valence-corrected chi connectivity index (χ1v) is 9.34. The summed E-state index contributed by atoms with van der Waals surface area (Å²) < 4.78 is 0. The van der Waals surface area contributed by atoms with Crippen LogP contribution in [0.4, 0.5) is 11.4 Å².